The Labute approximate surface area is 105 Å². The number of esters is 1. The van der Waals surface area contributed by atoms with Crippen molar-refractivity contribution >= 4 is 11.7 Å². The van der Waals surface area contributed by atoms with Gasteiger partial charge in [-0.15, -0.1) is 5.06 Å². The van der Waals surface area contributed by atoms with Gasteiger partial charge in [0.05, 0.1) is 19.8 Å². The number of methoxy groups -OCH3 is 1. The molecule has 2 heterocycles. The average Bonchev–Trinajstić information content (AvgIpc) is 2.98. The molecule has 0 bridgehead atoms. The second kappa shape index (κ2) is 4.44. The fourth-order valence-corrected chi connectivity index (χ4v) is 2.32. The van der Waals surface area contributed by atoms with Gasteiger partial charge in [0, 0.05) is 12.1 Å². The molecule has 5 nitrogen and oxygen atoms in total. The lowest BCUT2D eigenvalue weighted by Crippen LogP contribution is -2.28. The maximum Gasteiger partial charge on any atom is 0.339 e. The van der Waals surface area contributed by atoms with Crippen molar-refractivity contribution in [1.29, 1.82) is 0 Å². The lowest BCUT2D eigenvalue weighted by Gasteiger charge is -2.13. The van der Waals surface area contributed by atoms with Gasteiger partial charge in [0.2, 0.25) is 0 Å². The number of benzene rings is 1. The van der Waals surface area contributed by atoms with Crippen LogP contribution in [0.1, 0.15) is 5.56 Å². The fraction of sp³-hybridized carbons (Fsp3) is 0.308. The normalized spacial score (nSPS) is 22.8. The van der Waals surface area contributed by atoms with Crippen LogP contribution in [0, 0.1) is 0 Å². The Kier molecular flexibility index (Phi) is 2.77. The minimum Gasteiger partial charge on any atom is -0.466 e. The summed E-state index contributed by atoms with van der Waals surface area (Å²) in [5.74, 6) is 0.277. The summed E-state index contributed by atoms with van der Waals surface area (Å²) in [6, 6.07) is 9.55. The van der Waals surface area contributed by atoms with Crippen molar-refractivity contribution in [3.63, 3.8) is 0 Å². The Bertz CT molecular complexity index is 498. The zero-order valence-electron chi connectivity index (χ0n) is 10.1. The van der Waals surface area contributed by atoms with E-state index in [0.717, 1.165) is 5.56 Å². The van der Waals surface area contributed by atoms with Gasteiger partial charge in [0.1, 0.15) is 5.57 Å². The Morgan fingerprint density at radius 2 is 2.22 bits per heavy atom. The molecule has 1 aromatic carbocycles. The molecule has 1 unspecified atom stereocenters. The molecule has 1 N–H and O–H groups in total. The zero-order chi connectivity index (χ0) is 12.5. The van der Waals surface area contributed by atoms with Crippen molar-refractivity contribution < 1.29 is 14.4 Å². The predicted molar refractivity (Wildman–Crippen MR) is 65.0 cm³/mol. The van der Waals surface area contributed by atoms with Crippen molar-refractivity contribution in [2.75, 3.05) is 20.3 Å². The number of hydrogen-bond acceptors (Lipinski definition) is 5. The molecule has 1 aromatic rings. The van der Waals surface area contributed by atoms with Gasteiger partial charge in [-0.3, -0.25) is 5.32 Å². The standard InChI is InChI=1S/C13H14N2O3/c1-17-13(16)11-10-7-14-8-15(10)18-12(11)9-5-3-2-4-6-9/h2-6,10,14H,7-8H2,1H3. The first-order chi connectivity index (χ1) is 8.81. The van der Waals surface area contributed by atoms with Crippen LogP contribution >= 0.6 is 0 Å². The van der Waals surface area contributed by atoms with Crippen LogP contribution in [0.25, 0.3) is 5.76 Å². The molecule has 3 rings (SSSR count). The van der Waals surface area contributed by atoms with Gasteiger partial charge in [0.25, 0.3) is 0 Å². The monoisotopic (exact) mass is 246 g/mol. The highest BCUT2D eigenvalue weighted by molar-refractivity contribution is 5.98. The van der Waals surface area contributed by atoms with Crippen molar-refractivity contribution in [2.45, 2.75) is 6.04 Å². The van der Waals surface area contributed by atoms with Crippen LogP contribution in [0.3, 0.4) is 0 Å². The summed E-state index contributed by atoms with van der Waals surface area (Å²) in [7, 11) is 1.39. The lowest BCUT2D eigenvalue weighted by atomic mass is 10.0. The van der Waals surface area contributed by atoms with Gasteiger partial charge in [-0.2, -0.15) is 0 Å². The van der Waals surface area contributed by atoms with Gasteiger partial charge in [-0.25, -0.2) is 4.79 Å². The van der Waals surface area contributed by atoms with E-state index in [1.807, 2.05) is 30.3 Å². The van der Waals surface area contributed by atoms with Crippen LogP contribution in [-0.2, 0) is 14.4 Å². The number of rotatable bonds is 2. The maximum absolute atomic E-state index is 11.9. The SMILES string of the molecule is COC(=O)C1=C(c2ccccc2)ON2CNCC12. The predicted octanol–water partition coefficient (Wildman–Crippen LogP) is 0.747. The summed E-state index contributed by atoms with van der Waals surface area (Å²) in [6.07, 6.45) is 0. The first-order valence-electron chi connectivity index (χ1n) is 5.84. The van der Waals surface area contributed by atoms with Crippen molar-refractivity contribution in [2.24, 2.45) is 0 Å². The molecule has 0 saturated carbocycles. The molecular formula is C13H14N2O3. The minimum atomic E-state index is -0.329. The quantitative estimate of drug-likeness (QED) is 0.780. The van der Waals surface area contributed by atoms with E-state index in [0.29, 0.717) is 24.5 Å². The van der Waals surface area contributed by atoms with E-state index in [1.54, 1.807) is 5.06 Å². The van der Waals surface area contributed by atoms with E-state index in [4.69, 9.17) is 9.57 Å². The number of hydroxylamine groups is 2. The number of hydrogen-bond donors (Lipinski definition) is 1. The Morgan fingerprint density at radius 1 is 1.44 bits per heavy atom. The Balaban J connectivity index is 2.05. The molecule has 2 aliphatic rings. The molecule has 0 radical (unpaired) electrons. The van der Waals surface area contributed by atoms with E-state index in [1.165, 1.54) is 7.11 Å². The molecule has 5 heteroatoms. The molecule has 1 saturated heterocycles. The number of nitrogens with one attached hydrogen (secondary N) is 1. The van der Waals surface area contributed by atoms with E-state index >= 15 is 0 Å². The van der Waals surface area contributed by atoms with Gasteiger partial charge < -0.3 is 9.57 Å². The summed E-state index contributed by atoms with van der Waals surface area (Å²) >= 11 is 0. The lowest BCUT2D eigenvalue weighted by molar-refractivity contribution is -0.137. The Hall–Kier alpha value is -1.85. The number of carbonyl (C=O) groups is 1. The van der Waals surface area contributed by atoms with Crippen molar-refractivity contribution in [1.82, 2.24) is 10.4 Å². The summed E-state index contributed by atoms with van der Waals surface area (Å²) in [6.45, 7) is 1.31. The fourth-order valence-electron chi connectivity index (χ4n) is 2.32. The van der Waals surface area contributed by atoms with Crippen LogP contribution < -0.4 is 5.32 Å². The number of carbonyl (C=O) groups excluding carboxylic acids is 1. The van der Waals surface area contributed by atoms with E-state index in [2.05, 4.69) is 5.32 Å². The third-order valence-corrected chi connectivity index (χ3v) is 3.18. The molecule has 2 aliphatic heterocycles. The van der Waals surface area contributed by atoms with Gasteiger partial charge in [-0.1, -0.05) is 30.3 Å². The second-order valence-corrected chi connectivity index (χ2v) is 4.24. The van der Waals surface area contributed by atoms with Crippen LogP contribution in [0.5, 0.6) is 0 Å². The summed E-state index contributed by atoms with van der Waals surface area (Å²) < 4.78 is 4.86. The van der Waals surface area contributed by atoms with Crippen LogP contribution in [-0.4, -0.2) is 37.4 Å². The van der Waals surface area contributed by atoms with E-state index in [-0.39, 0.29) is 12.0 Å². The number of nitrogens with zero attached hydrogens (tertiary/aromatic N) is 1. The van der Waals surface area contributed by atoms with Crippen LogP contribution in [0.4, 0.5) is 0 Å². The van der Waals surface area contributed by atoms with Crippen molar-refractivity contribution in [3.8, 4) is 0 Å². The summed E-state index contributed by atoms with van der Waals surface area (Å²) in [5, 5.41) is 4.94. The average molecular weight is 246 g/mol. The molecule has 0 amide bonds. The molecule has 18 heavy (non-hydrogen) atoms. The van der Waals surface area contributed by atoms with Crippen LogP contribution in [0.2, 0.25) is 0 Å². The molecular weight excluding hydrogens is 232 g/mol. The molecule has 94 valence electrons. The first-order valence-corrected chi connectivity index (χ1v) is 5.84. The van der Waals surface area contributed by atoms with Gasteiger partial charge in [-0.05, 0) is 0 Å². The molecule has 0 aliphatic carbocycles. The molecule has 1 atom stereocenters. The summed E-state index contributed by atoms with van der Waals surface area (Å²) in [5.41, 5.74) is 1.49. The molecule has 1 fully saturated rings. The molecule has 0 spiro atoms. The Morgan fingerprint density at radius 3 is 2.94 bits per heavy atom. The second-order valence-electron chi connectivity index (χ2n) is 4.24. The van der Waals surface area contributed by atoms with Gasteiger partial charge >= 0.3 is 5.97 Å². The highest BCUT2D eigenvalue weighted by Crippen LogP contribution is 2.34. The third kappa shape index (κ3) is 1.68. The van der Waals surface area contributed by atoms with E-state index in [9.17, 15) is 4.79 Å². The smallest absolute Gasteiger partial charge is 0.339 e. The maximum atomic E-state index is 11.9. The topological polar surface area (TPSA) is 50.8 Å². The minimum absolute atomic E-state index is 0.0624. The van der Waals surface area contributed by atoms with Gasteiger partial charge in [0.15, 0.2) is 5.76 Å². The third-order valence-electron chi connectivity index (χ3n) is 3.18. The zero-order valence-corrected chi connectivity index (χ0v) is 10.1. The number of ether oxygens (including phenoxy) is 1. The summed E-state index contributed by atoms with van der Waals surface area (Å²) in [4.78, 5) is 17.7. The number of fused-ring (bicyclic) bond motifs is 1. The first kappa shape index (κ1) is 11.3. The largest absolute Gasteiger partial charge is 0.466 e. The highest BCUT2D eigenvalue weighted by atomic mass is 16.7. The highest BCUT2D eigenvalue weighted by Gasteiger charge is 2.42. The van der Waals surface area contributed by atoms with Crippen LogP contribution in [0.15, 0.2) is 35.9 Å². The molecule has 0 aromatic heterocycles. The van der Waals surface area contributed by atoms with Crippen molar-refractivity contribution in [3.05, 3.63) is 41.5 Å². The van der Waals surface area contributed by atoms with E-state index < -0.39 is 0 Å².